The smallest absolute Gasteiger partial charge is 0.123 e. The molecule has 2 aromatic rings. The maximum atomic E-state index is 5.51. The fourth-order valence-corrected chi connectivity index (χ4v) is 2.56. The van der Waals surface area contributed by atoms with Crippen LogP contribution in [0.5, 0.6) is 0 Å². The van der Waals surface area contributed by atoms with E-state index in [0.29, 0.717) is 0 Å². The maximum Gasteiger partial charge on any atom is 0.123 e. The topological polar surface area (TPSA) is 38.9 Å². The van der Waals surface area contributed by atoms with Crippen molar-refractivity contribution < 1.29 is 0 Å². The van der Waals surface area contributed by atoms with Gasteiger partial charge in [-0.25, -0.2) is 4.98 Å². The van der Waals surface area contributed by atoms with Crippen molar-refractivity contribution in [2.45, 2.75) is 26.7 Å². The van der Waals surface area contributed by atoms with Gasteiger partial charge in [0.15, 0.2) is 0 Å². The summed E-state index contributed by atoms with van der Waals surface area (Å²) in [4.78, 5) is 4.65. The summed E-state index contributed by atoms with van der Waals surface area (Å²) in [5.41, 5.74) is 10.5. The van der Waals surface area contributed by atoms with Crippen molar-refractivity contribution in [3.63, 3.8) is 0 Å². The number of hydrogen-bond donors (Lipinski definition) is 1. The number of rotatable bonds is 4. The number of benzene rings is 1. The molecule has 0 saturated carbocycles. The Kier molecular flexibility index (Phi) is 3.92. The highest BCUT2D eigenvalue weighted by Crippen LogP contribution is 2.25. The van der Waals surface area contributed by atoms with Gasteiger partial charge in [-0.15, -0.1) is 11.3 Å². The molecule has 17 heavy (non-hydrogen) atoms. The van der Waals surface area contributed by atoms with Crippen molar-refractivity contribution in [2.24, 2.45) is 5.73 Å². The van der Waals surface area contributed by atoms with E-state index in [1.54, 1.807) is 11.3 Å². The highest BCUT2D eigenvalue weighted by atomic mass is 32.1. The first-order valence-corrected chi connectivity index (χ1v) is 6.81. The normalized spacial score (nSPS) is 10.8. The molecule has 2 rings (SSSR count). The Hall–Kier alpha value is -1.19. The lowest BCUT2D eigenvalue weighted by molar-refractivity contribution is 0.816. The molecule has 0 saturated heterocycles. The molecule has 1 heterocycles. The van der Waals surface area contributed by atoms with Crippen LogP contribution in [0, 0.1) is 13.8 Å². The van der Waals surface area contributed by atoms with E-state index in [4.69, 9.17) is 5.73 Å². The first-order valence-electron chi connectivity index (χ1n) is 5.93. The van der Waals surface area contributed by atoms with Gasteiger partial charge in [-0.3, -0.25) is 0 Å². The van der Waals surface area contributed by atoms with Gasteiger partial charge in [0.05, 0.1) is 5.69 Å². The minimum absolute atomic E-state index is 0.733. The van der Waals surface area contributed by atoms with E-state index >= 15 is 0 Å². The van der Waals surface area contributed by atoms with Crippen molar-refractivity contribution in [3.05, 3.63) is 40.4 Å². The van der Waals surface area contributed by atoms with Crippen molar-refractivity contribution in [1.82, 2.24) is 4.98 Å². The van der Waals surface area contributed by atoms with Crippen molar-refractivity contribution >= 4 is 11.3 Å². The minimum atomic E-state index is 0.733. The van der Waals surface area contributed by atoms with Crippen molar-refractivity contribution in [1.29, 1.82) is 0 Å². The summed E-state index contributed by atoms with van der Waals surface area (Å²) < 4.78 is 0. The lowest BCUT2D eigenvalue weighted by atomic mass is 10.1. The van der Waals surface area contributed by atoms with Crippen LogP contribution in [0.3, 0.4) is 0 Å². The summed E-state index contributed by atoms with van der Waals surface area (Å²) in [6.07, 6.45) is 1.99. The molecule has 0 bridgehead atoms. The molecule has 0 aliphatic rings. The Morgan fingerprint density at radius 3 is 2.76 bits per heavy atom. The third kappa shape index (κ3) is 2.93. The van der Waals surface area contributed by atoms with E-state index in [-0.39, 0.29) is 0 Å². The molecule has 0 aliphatic carbocycles. The Morgan fingerprint density at radius 1 is 1.24 bits per heavy atom. The Morgan fingerprint density at radius 2 is 2.06 bits per heavy atom. The van der Waals surface area contributed by atoms with E-state index in [9.17, 15) is 0 Å². The molecular formula is C14H18N2S. The molecule has 3 heteroatoms. The average Bonchev–Trinajstić information content (AvgIpc) is 2.79. The zero-order chi connectivity index (χ0) is 12.3. The number of aryl methyl sites for hydroxylation is 3. The molecule has 0 unspecified atom stereocenters. The molecule has 0 fully saturated rings. The monoisotopic (exact) mass is 246 g/mol. The Balaban J connectivity index is 2.21. The fourth-order valence-electron chi connectivity index (χ4n) is 1.71. The predicted octanol–water partition coefficient (Wildman–Crippen LogP) is 3.32. The van der Waals surface area contributed by atoms with Crippen LogP contribution >= 0.6 is 11.3 Å². The summed E-state index contributed by atoms with van der Waals surface area (Å²) in [6, 6.07) is 6.51. The van der Waals surface area contributed by atoms with Crippen molar-refractivity contribution in [3.8, 4) is 10.6 Å². The zero-order valence-corrected chi connectivity index (χ0v) is 11.2. The summed E-state index contributed by atoms with van der Waals surface area (Å²) in [5, 5.41) is 3.25. The van der Waals surface area contributed by atoms with Crippen LogP contribution < -0.4 is 5.73 Å². The highest BCUT2D eigenvalue weighted by Gasteiger charge is 2.05. The molecule has 0 radical (unpaired) electrons. The van der Waals surface area contributed by atoms with Gasteiger partial charge in [-0.05, 0) is 50.4 Å². The van der Waals surface area contributed by atoms with Crippen molar-refractivity contribution in [2.75, 3.05) is 6.54 Å². The molecule has 90 valence electrons. The molecule has 0 spiro atoms. The molecule has 0 atom stereocenters. The van der Waals surface area contributed by atoms with Crippen LogP contribution in [0.25, 0.3) is 10.6 Å². The second kappa shape index (κ2) is 5.43. The molecule has 0 amide bonds. The van der Waals surface area contributed by atoms with Gasteiger partial charge in [0, 0.05) is 10.9 Å². The molecule has 0 aliphatic heterocycles. The molecule has 1 aromatic carbocycles. The van der Waals surface area contributed by atoms with Gasteiger partial charge in [0.2, 0.25) is 0 Å². The molecule has 1 aromatic heterocycles. The number of hydrogen-bond acceptors (Lipinski definition) is 3. The lowest BCUT2D eigenvalue weighted by Gasteiger charge is -2.02. The second-order valence-corrected chi connectivity index (χ2v) is 5.19. The largest absolute Gasteiger partial charge is 0.330 e. The fraction of sp³-hybridized carbons (Fsp3) is 0.357. The zero-order valence-electron chi connectivity index (χ0n) is 10.4. The van der Waals surface area contributed by atoms with E-state index in [2.05, 4.69) is 42.4 Å². The summed E-state index contributed by atoms with van der Waals surface area (Å²) in [6.45, 7) is 5.01. The first kappa shape index (κ1) is 12.3. The summed E-state index contributed by atoms with van der Waals surface area (Å²) >= 11 is 1.72. The van der Waals surface area contributed by atoms with Crippen LogP contribution in [0.1, 0.15) is 23.2 Å². The number of aromatic nitrogens is 1. The quantitative estimate of drug-likeness (QED) is 0.898. The molecular weight excluding hydrogens is 228 g/mol. The van der Waals surface area contributed by atoms with Gasteiger partial charge in [-0.2, -0.15) is 0 Å². The Labute approximate surface area is 107 Å². The highest BCUT2D eigenvalue weighted by molar-refractivity contribution is 7.13. The van der Waals surface area contributed by atoms with E-state index < -0.39 is 0 Å². The van der Waals surface area contributed by atoms with Gasteiger partial charge in [-0.1, -0.05) is 12.1 Å². The van der Waals surface area contributed by atoms with Gasteiger partial charge >= 0.3 is 0 Å². The van der Waals surface area contributed by atoms with Gasteiger partial charge in [0.1, 0.15) is 5.01 Å². The first-order chi connectivity index (χ1) is 8.20. The lowest BCUT2D eigenvalue weighted by Crippen LogP contribution is -2.00. The predicted molar refractivity (Wildman–Crippen MR) is 74.4 cm³/mol. The van der Waals surface area contributed by atoms with Crippen LogP contribution in [0.15, 0.2) is 23.6 Å². The van der Waals surface area contributed by atoms with Crippen LogP contribution in [0.2, 0.25) is 0 Å². The minimum Gasteiger partial charge on any atom is -0.330 e. The third-order valence-corrected chi connectivity index (χ3v) is 3.88. The molecule has 2 nitrogen and oxygen atoms in total. The SMILES string of the molecule is Cc1ccc(-c2nc(CCCN)cs2)cc1C. The number of nitrogens with zero attached hydrogens (tertiary/aromatic N) is 1. The van der Waals surface area contributed by atoms with Crippen LogP contribution in [0.4, 0.5) is 0 Å². The number of nitrogens with two attached hydrogens (primary N) is 1. The molecule has 2 N–H and O–H groups in total. The van der Waals surface area contributed by atoms with Crippen LogP contribution in [-0.2, 0) is 6.42 Å². The van der Waals surface area contributed by atoms with E-state index in [0.717, 1.165) is 30.1 Å². The van der Waals surface area contributed by atoms with Gasteiger partial charge in [0.25, 0.3) is 0 Å². The third-order valence-electron chi connectivity index (χ3n) is 2.94. The van der Waals surface area contributed by atoms with E-state index in [1.165, 1.54) is 16.7 Å². The average molecular weight is 246 g/mol. The maximum absolute atomic E-state index is 5.51. The second-order valence-electron chi connectivity index (χ2n) is 4.34. The van der Waals surface area contributed by atoms with Crippen LogP contribution in [-0.4, -0.2) is 11.5 Å². The van der Waals surface area contributed by atoms with E-state index in [1.807, 2.05) is 0 Å². The Bertz CT molecular complexity index is 503. The summed E-state index contributed by atoms with van der Waals surface area (Å²) in [5.74, 6) is 0. The summed E-state index contributed by atoms with van der Waals surface area (Å²) in [7, 11) is 0. The van der Waals surface area contributed by atoms with Gasteiger partial charge < -0.3 is 5.73 Å². The number of thiazole rings is 1. The standard InChI is InChI=1S/C14H18N2S/c1-10-5-6-12(8-11(10)2)14-16-13(9-17-14)4-3-7-15/h5-6,8-9H,3-4,7,15H2,1-2H3.